The zero-order valence-corrected chi connectivity index (χ0v) is 22.2. The molecule has 0 saturated carbocycles. The number of methoxy groups -OCH3 is 1. The Balaban J connectivity index is 1.80. The quantitative estimate of drug-likeness (QED) is 0.168. The number of hydrogen-bond donors (Lipinski definition) is 1. The second-order valence-electron chi connectivity index (χ2n) is 6.58. The molecular formula is C24H17Br2IN2O3. The van der Waals surface area contributed by atoms with Gasteiger partial charge in [-0.25, -0.2) is 0 Å². The molecule has 0 aliphatic heterocycles. The first kappa shape index (κ1) is 24.3. The second kappa shape index (κ2) is 11.5. The van der Waals surface area contributed by atoms with Crippen LogP contribution in [0.5, 0.6) is 11.5 Å². The van der Waals surface area contributed by atoms with Gasteiger partial charge in [0.1, 0.15) is 18.2 Å². The molecule has 8 heteroatoms. The first-order chi connectivity index (χ1) is 15.4. The summed E-state index contributed by atoms with van der Waals surface area (Å²) in [6, 6.07) is 20.5. The van der Waals surface area contributed by atoms with E-state index < -0.39 is 5.91 Å². The van der Waals surface area contributed by atoms with E-state index in [-0.39, 0.29) is 5.57 Å². The third-order valence-corrected chi connectivity index (χ3v) is 6.18. The van der Waals surface area contributed by atoms with Gasteiger partial charge >= 0.3 is 0 Å². The number of rotatable bonds is 7. The number of amides is 1. The number of carbonyl (C=O) groups excluding carboxylic acids is 1. The zero-order chi connectivity index (χ0) is 23.1. The molecule has 1 N–H and O–H groups in total. The fourth-order valence-corrected chi connectivity index (χ4v) is 4.06. The van der Waals surface area contributed by atoms with Crippen molar-refractivity contribution in [3.8, 4) is 17.6 Å². The van der Waals surface area contributed by atoms with Gasteiger partial charge in [0.2, 0.25) is 0 Å². The number of hydrogen-bond acceptors (Lipinski definition) is 4. The molecule has 0 saturated heterocycles. The van der Waals surface area contributed by atoms with Crippen molar-refractivity contribution in [2.45, 2.75) is 6.61 Å². The summed E-state index contributed by atoms with van der Waals surface area (Å²) in [7, 11) is 1.55. The van der Waals surface area contributed by atoms with Crippen LogP contribution in [0.2, 0.25) is 0 Å². The van der Waals surface area contributed by atoms with Crippen LogP contribution in [-0.2, 0) is 11.4 Å². The summed E-state index contributed by atoms with van der Waals surface area (Å²) in [5, 5.41) is 12.2. The van der Waals surface area contributed by atoms with Gasteiger partial charge in [0.15, 0.2) is 11.5 Å². The average molecular weight is 668 g/mol. The van der Waals surface area contributed by atoms with Gasteiger partial charge in [0, 0.05) is 14.6 Å². The fraction of sp³-hybridized carbons (Fsp3) is 0.0833. The van der Waals surface area contributed by atoms with Crippen LogP contribution >= 0.6 is 54.5 Å². The summed E-state index contributed by atoms with van der Waals surface area (Å²) in [6.45, 7) is 0.383. The van der Waals surface area contributed by atoms with Gasteiger partial charge in [0.25, 0.3) is 5.91 Å². The van der Waals surface area contributed by atoms with E-state index in [2.05, 4.69) is 59.8 Å². The van der Waals surface area contributed by atoms with E-state index >= 15 is 0 Å². The highest BCUT2D eigenvalue weighted by Gasteiger charge is 2.14. The number of benzene rings is 3. The summed E-state index contributed by atoms with van der Waals surface area (Å²) in [4.78, 5) is 12.5. The molecule has 3 aromatic carbocycles. The minimum Gasteiger partial charge on any atom is -0.493 e. The molecule has 0 spiro atoms. The molecule has 3 aromatic rings. The number of carbonyl (C=O) groups is 1. The van der Waals surface area contributed by atoms with E-state index in [4.69, 9.17) is 9.47 Å². The average Bonchev–Trinajstić information content (AvgIpc) is 2.79. The molecule has 0 aliphatic carbocycles. The van der Waals surface area contributed by atoms with Gasteiger partial charge in [-0.15, -0.1) is 0 Å². The highest BCUT2D eigenvalue weighted by atomic mass is 127. The minimum atomic E-state index is -0.487. The van der Waals surface area contributed by atoms with Crippen molar-refractivity contribution in [2.24, 2.45) is 0 Å². The summed E-state index contributed by atoms with van der Waals surface area (Å²) < 4.78 is 14.2. The first-order valence-electron chi connectivity index (χ1n) is 9.33. The van der Waals surface area contributed by atoms with E-state index in [1.807, 2.05) is 48.5 Å². The fourth-order valence-electron chi connectivity index (χ4n) is 2.75. The van der Waals surface area contributed by atoms with Crippen LogP contribution in [0.15, 0.2) is 75.2 Å². The highest BCUT2D eigenvalue weighted by Crippen LogP contribution is 2.35. The standard InChI is InChI=1S/C24H17Br2IN2O3/c1-31-22-12-16(10-17(13-28)24(30)29-20-8-6-19(26)7-9-20)11-21(27)23(22)32-14-15-2-4-18(25)5-3-15/h2-12H,14H2,1H3,(H,29,30)/b17-10-. The van der Waals surface area contributed by atoms with E-state index in [0.29, 0.717) is 29.4 Å². The third-order valence-electron chi connectivity index (χ3n) is 4.33. The summed E-state index contributed by atoms with van der Waals surface area (Å²) in [5.74, 6) is 0.635. The molecule has 0 radical (unpaired) electrons. The Morgan fingerprint density at radius 3 is 2.31 bits per heavy atom. The largest absolute Gasteiger partial charge is 0.493 e. The van der Waals surface area contributed by atoms with Crippen molar-refractivity contribution in [3.05, 3.63) is 89.9 Å². The molecule has 0 heterocycles. The van der Waals surface area contributed by atoms with Crippen LogP contribution in [0.4, 0.5) is 5.69 Å². The van der Waals surface area contributed by atoms with E-state index in [9.17, 15) is 10.1 Å². The number of anilines is 1. The van der Waals surface area contributed by atoms with Crippen LogP contribution in [0.1, 0.15) is 11.1 Å². The molecule has 0 atom stereocenters. The number of nitrogens with one attached hydrogen (secondary N) is 1. The maximum Gasteiger partial charge on any atom is 0.266 e. The number of nitrogens with zero attached hydrogens (tertiary/aromatic N) is 1. The van der Waals surface area contributed by atoms with Crippen molar-refractivity contribution in [3.63, 3.8) is 0 Å². The second-order valence-corrected chi connectivity index (χ2v) is 9.57. The Hall–Kier alpha value is -2.35. The van der Waals surface area contributed by atoms with Gasteiger partial charge < -0.3 is 14.8 Å². The molecular weight excluding hydrogens is 651 g/mol. The molecule has 5 nitrogen and oxygen atoms in total. The van der Waals surface area contributed by atoms with E-state index in [0.717, 1.165) is 18.1 Å². The topological polar surface area (TPSA) is 71.3 Å². The van der Waals surface area contributed by atoms with Gasteiger partial charge in [0.05, 0.1) is 10.7 Å². The summed E-state index contributed by atoms with van der Waals surface area (Å²) in [5.41, 5.74) is 2.26. The molecule has 0 unspecified atom stereocenters. The van der Waals surface area contributed by atoms with Crippen molar-refractivity contribution >= 4 is 72.1 Å². The monoisotopic (exact) mass is 666 g/mol. The lowest BCUT2D eigenvalue weighted by Gasteiger charge is -2.14. The number of ether oxygens (including phenoxy) is 2. The SMILES string of the molecule is COc1cc(/C=C(/C#N)C(=O)Nc2ccc(Br)cc2)cc(I)c1OCc1ccc(Br)cc1. The molecule has 3 rings (SSSR count). The lowest BCUT2D eigenvalue weighted by atomic mass is 10.1. The van der Waals surface area contributed by atoms with Crippen molar-refractivity contribution < 1.29 is 14.3 Å². The normalized spacial score (nSPS) is 10.9. The van der Waals surface area contributed by atoms with Crippen LogP contribution in [0.3, 0.4) is 0 Å². The van der Waals surface area contributed by atoms with Crippen molar-refractivity contribution in [1.29, 1.82) is 5.26 Å². The number of halogens is 3. The van der Waals surface area contributed by atoms with Gasteiger partial charge in [-0.2, -0.15) is 5.26 Å². The zero-order valence-electron chi connectivity index (χ0n) is 16.9. The molecule has 0 fully saturated rings. The Bertz CT molecular complexity index is 1190. The minimum absolute atomic E-state index is 0.0192. The van der Waals surface area contributed by atoms with Crippen LogP contribution < -0.4 is 14.8 Å². The summed E-state index contributed by atoms with van der Waals surface area (Å²) in [6.07, 6.45) is 1.53. The van der Waals surface area contributed by atoms with Crippen molar-refractivity contribution in [1.82, 2.24) is 0 Å². The first-order valence-corrected chi connectivity index (χ1v) is 12.0. The lowest BCUT2D eigenvalue weighted by molar-refractivity contribution is -0.112. The summed E-state index contributed by atoms with van der Waals surface area (Å²) >= 11 is 8.92. The van der Waals surface area contributed by atoms with Crippen molar-refractivity contribution in [2.75, 3.05) is 12.4 Å². The Morgan fingerprint density at radius 2 is 1.72 bits per heavy atom. The van der Waals surface area contributed by atoms with Gasteiger partial charge in [-0.1, -0.05) is 44.0 Å². The Labute approximate surface area is 216 Å². The smallest absolute Gasteiger partial charge is 0.266 e. The number of nitriles is 1. The predicted molar refractivity (Wildman–Crippen MR) is 141 cm³/mol. The van der Waals surface area contributed by atoms with Crippen LogP contribution in [0.25, 0.3) is 6.08 Å². The highest BCUT2D eigenvalue weighted by molar-refractivity contribution is 14.1. The molecule has 0 bridgehead atoms. The molecule has 0 aromatic heterocycles. The molecule has 0 aliphatic rings. The Morgan fingerprint density at radius 1 is 1.09 bits per heavy atom. The van der Waals surface area contributed by atoms with Crippen LogP contribution in [-0.4, -0.2) is 13.0 Å². The Kier molecular flexibility index (Phi) is 8.73. The van der Waals surface area contributed by atoms with E-state index in [1.54, 1.807) is 25.3 Å². The molecule has 1 amide bonds. The maximum atomic E-state index is 12.5. The third kappa shape index (κ3) is 6.58. The molecule has 32 heavy (non-hydrogen) atoms. The van der Waals surface area contributed by atoms with Gasteiger partial charge in [-0.3, -0.25) is 4.79 Å². The van der Waals surface area contributed by atoms with Gasteiger partial charge in [-0.05, 0) is 88.3 Å². The predicted octanol–water partition coefficient (Wildman–Crippen LogP) is 6.95. The molecule has 162 valence electrons. The lowest BCUT2D eigenvalue weighted by Crippen LogP contribution is -2.13. The van der Waals surface area contributed by atoms with Crippen LogP contribution in [0, 0.1) is 14.9 Å². The maximum absolute atomic E-state index is 12.5. The van der Waals surface area contributed by atoms with E-state index in [1.165, 1.54) is 6.08 Å².